The van der Waals surface area contributed by atoms with Crippen LogP contribution in [0.2, 0.25) is 0 Å². The molecular formula is C16H17N3O2. The van der Waals surface area contributed by atoms with Gasteiger partial charge in [0, 0.05) is 24.7 Å². The van der Waals surface area contributed by atoms with Crippen molar-refractivity contribution in [1.29, 1.82) is 0 Å². The lowest BCUT2D eigenvalue weighted by atomic mass is 10.00. The smallest absolute Gasteiger partial charge is 0.273 e. The van der Waals surface area contributed by atoms with Gasteiger partial charge in [-0.15, -0.1) is 0 Å². The maximum absolute atomic E-state index is 12.3. The molecule has 2 aliphatic heterocycles. The minimum Gasteiger partial charge on any atom is -0.444 e. The largest absolute Gasteiger partial charge is 0.444 e. The summed E-state index contributed by atoms with van der Waals surface area (Å²) in [4.78, 5) is 19.0. The Kier molecular flexibility index (Phi) is 3.00. The summed E-state index contributed by atoms with van der Waals surface area (Å²) in [6, 6.07) is 9.85. The van der Waals surface area contributed by atoms with Gasteiger partial charge in [-0.25, -0.2) is 4.98 Å². The van der Waals surface area contributed by atoms with Gasteiger partial charge in [0.1, 0.15) is 6.26 Å². The van der Waals surface area contributed by atoms with E-state index in [9.17, 15) is 4.79 Å². The number of rotatable bonds is 3. The Balaban J connectivity index is 1.47. The first kappa shape index (κ1) is 12.6. The predicted molar refractivity (Wildman–Crippen MR) is 77.7 cm³/mol. The molecule has 1 aromatic heterocycles. The van der Waals surface area contributed by atoms with Crippen molar-refractivity contribution in [3.05, 3.63) is 42.3 Å². The van der Waals surface area contributed by atoms with Crippen LogP contribution in [0.1, 0.15) is 16.9 Å². The second-order valence-corrected chi connectivity index (χ2v) is 5.79. The van der Waals surface area contributed by atoms with Gasteiger partial charge in [-0.05, 0) is 31.0 Å². The van der Waals surface area contributed by atoms with Gasteiger partial charge < -0.3 is 14.6 Å². The molecule has 2 aromatic rings. The first-order chi connectivity index (χ1) is 10.3. The third kappa shape index (κ3) is 2.34. The minimum absolute atomic E-state index is 0.139. The highest BCUT2D eigenvalue weighted by atomic mass is 16.3. The number of fused-ring (bicyclic) bond motifs is 2. The summed E-state index contributed by atoms with van der Waals surface area (Å²) in [5, 5.41) is 3.09. The van der Waals surface area contributed by atoms with Crippen LogP contribution in [0.4, 0.5) is 0 Å². The van der Waals surface area contributed by atoms with Gasteiger partial charge in [-0.1, -0.05) is 18.2 Å². The number of hydrogen-bond acceptors (Lipinski definition) is 4. The molecular weight excluding hydrogens is 266 g/mol. The molecule has 1 aromatic carbocycles. The van der Waals surface area contributed by atoms with E-state index in [0.717, 1.165) is 18.7 Å². The molecule has 2 unspecified atom stereocenters. The first-order valence-electron chi connectivity index (χ1n) is 7.34. The number of hydrogen-bond donors (Lipinski definition) is 1. The van der Waals surface area contributed by atoms with Crippen LogP contribution in [0.25, 0.3) is 11.5 Å². The summed E-state index contributed by atoms with van der Waals surface area (Å²) in [6.45, 7) is 3.23. The lowest BCUT2D eigenvalue weighted by Crippen LogP contribution is -2.43. The van der Waals surface area contributed by atoms with Gasteiger partial charge >= 0.3 is 0 Å². The molecule has 1 amide bonds. The number of oxazole rings is 1. The van der Waals surface area contributed by atoms with E-state index in [1.165, 1.54) is 19.2 Å². The summed E-state index contributed by atoms with van der Waals surface area (Å²) in [7, 11) is 0. The number of nitrogens with one attached hydrogen (secondary N) is 1. The van der Waals surface area contributed by atoms with E-state index >= 15 is 0 Å². The molecule has 2 aliphatic rings. The van der Waals surface area contributed by atoms with Crippen LogP contribution in [0, 0.1) is 5.92 Å². The molecule has 0 radical (unpaired) electrons. The van der Waals surface area contributed by atoms with Crippen molar-refractivity contribution in [1.82, 2.24) is 15.2 Å². The highest BCUT2D eigenvalue weighted by Gasteiger charge is 2.38. The number of aromatic nitrogens is 1. The van der Waals surface area contributed by atoms with Gasteiger partial charge in [0.05, 0.1) is 0 Å². The fraction of sp³-hybridized carbons (Fsp3) is 0.375. The Bertz CT molecular complexity index is 653. The molecule has 5 heteroatoms. The van der Waals surface area contributed by atoms with Gasteiger partial charge in [-0.2, -0.15) is 0 Å². The Morgan fingerprint density at radius 3 is 2.86 bits per heavy atom. The SMILES string of the molecule is O=C(NC1CN2CC[C@H]1C2)c1coc(-c2ccccc2)n1. The number of benzene rings is 1. The van der Waals surface area contributed by atoms with E-state index in [0.29, 0.717) is 17.5 Å². The number of amides is 1. The maximum Gasteiger partial charge on any atom is 0.273 e. The van der Waals surface area contributed by atoms with Gasteiger partial charge in [0.25, 0.3) is 5.91 Å². The molecule has 2 saturated heterocycles. The molecule has 108 valence electrons. The fourth-order valence-corrected chi connectivity index (χ4v) is 3.28. The van der Waals surface area contributed by atoms with Crippen molar-refractivity contribution >= 4 is 5.91 Å². The molecule has 0 aliphatic carbocycles. The zero-order valence-electron chi connectivity index (χ0n) is 11.7. The molecule has 3 atom stereocenters. The second-order valence-electron chi connectivity index (χ2n) is 5.79. The van der Waals surface area contributed by atoms with Crippen LogP contribution in [0.3, 0.4) is 0 Å². The normalized spacial score (nSPS) is 27.0. The van der Waals surface area contributed by atoms with Crippen LogP contribution >= 0.6 is 0 Å². The summed E-state index contributed by atoms with van der Waals surface area (Å²) in [5.74, 6) is 0.937. The van der Waals surface area contributed by atoms with E-state index in [2.05, 4.69) is 15.2 Å². The maximum atomic E-state index is 12.3. The average molecular weight is 283 g/mol. The summed E-state index contributed by atoms with van der Waals surface area (Å²) >= 11 is 0. The molecule has 2 fully saturated rings. The van der Waals surface area contributed by atoms with Crippen molar-refractivity contribution < 1.29 is 9.21 Å². The molecule has 0 spiro atoms. The standard InChI is InChI=1S/C16H17N3O2/c20-15(17-13-9-19-7-6-12(13)8-19)14-10-21-16(18-14)11-4-2-1-3-5-11/h1-5,10,12-13H,6-9H2,(H,17,20)/t12-,13?/m0/s1. The summed E-state index contributed by atoms with van der Waals surface area (Å²) in [6.07, 6.45) is 2.62. The Labute approximate surface area is 123 Å². The van der Waals surface area contributed by atoms with Crippen molar-refractivity contribution in [2.24, 2.45) is 5.92 Å². The van der Waals surface area contributed by atoms with Crippen molar-refractivity contribution in [2.45, 2.75) is 12.5 Å². The third-order valence-electron chi connectivity index (χ3n) is 4.41. The van der Waals surface area contributed by atoms with Crippen LogP contribution in [-0.2, 0) is 0 Å². The molecule has 1 N–H and O–H groups in total. The highest BCUT2D eigenvalue weighted by Crippen LogP contribution is 2.28. The number of carbonyl (C=O) groups is 1. The zero-order valence-corrected chi connectivity index (χ0v) is 11.7. The second kappa shape index (κ2) is 5.00. The molecule has 0 saturated carbocycles. The van der Waals surface area contributed by atoms with Crippen LogP contribution in [0.15, 0.2) is 41.0 Å². The van der Waals surface area contributed by atoms with Gasteiger partial charge in [-0.3, -0.25) is 4.79 Å². The summed E-state index contributed by atoms with van der Waals surface area (Å²) in [5.41, 5.74) is 1.23. The third-order valence-corrected chi connectivity index (χ3v) is 4.41. The lowest BCUT2D eigenvalue weighted by Gasteiger charge is -2.22. The van der Waals surface area contributed by atoms with Crippen molar-refractivity contribution in [3.8, 4) is 11.5 Å². The minimum atomic E-state index is -0.139. The topological polar surface area (TPSA) is 58.4 Å². The predicted octanol–water partition coefficient (Wildman–Crippen LogP) is 1.78. The molecule has 4 rings (SSSR count). The van der Waals surface area contributed by atoms with E-state index in [1.807, 2.05) is 30.3 Å². The quantitative estimate of drug-likeness (QED) is 0.932. The highest BCUT2D eigenvalue weighted by molar-refractivity contribution is 5.92. The van der Waals surface area contributed by atoms with E-state index < -0.39 is 0 Å². The van der Waals surface area contributed by atoms with Crippen LogP contribution in [-0.4, -0.2) is 41.5 Å². The fourth-order valence-electron chi connectivity index (χ4n) is 3.28. The average Bonchev–Trinajstić information content (AvgIpc) is 3.24. The molecule has 21 heavy (non-hydrogen) atoms. The van der Waals surface area contributed by atoms with Crippen molar-refractivity contribution in [3.63, 3.8) is 0 Å². The van der Waals surface area contributed by atoms with E-state index in [4.69, 9.17) is 4.42 Å². The first-order valence-corrected chi connectivity index (χ1v) is 7.34. The zero-order chi connectivity index (χ0) is 14.2. The van der Waals surface area contributed by atoms with Crippen LogP contribution in [0.5, 0.6) is 0 Å². The Hall–Kier alpha value is -2.14. The molecule has 2 bridgehead atoms. The monoisotopic (exact) mass is 283 g/mol. The number of nitrogens with zero attached hydrogens (tertiary/aromatic N) is 2. The molecule has 5 nitrogen and oxygen atoms in total. The number of piperidine rings is 1. The van der Waals surface area contributed by atoms with Gasteiger partial charge in [0.2, 0.25) is 5.89 Å². The Morgan fingerprint density at radius 2 is 2.14 bits per heavy atom. The van der Waals surface area contributed by atoms with Crippen LogP contribution < -0.4 is 5.32 Å². The molecule has 3 heterocycles. The van der Waals surface area contributed by atoms with E-state index in [-0.39, 0.29) is 11.9 Å². The number of carbonyl (C=O) groups excluding carboxylic acids is 1. The lowest BCUT2D eigenvalue weighted by molar-refractivity contribution is 0.0919. The Morgan fingerprint density at radius 1 is 1.29 bits per heavy atom. The van der Waals surface area contributed by atoms with E-state index in [1.54, 1.807) is 0 Å². The summed E-state index contributed by atoms with van der Waals surface area (Å²) < 4.78 is 5.42. The van der Waals surface area contributed by atoms with Gasteiger partial charge in [0.15, 0.2) is 5.69 Å². The van der Waals surface area contributed by atoms with Crippen molar-refractivity contribution in [2.75, 3.05) is 19.6 Å².